The third kappa shape index (κ3) is 3.27. The molecule has 0 aliphatic carbocycles. The van der Waals surface area contributed by atoms with Crippen molar-refractivity contribution in [2.24, 2.45) is 0 Å². The summed E-state index contributed by atoms with van der Waals surface area (Å²) in [5.41, 5.74) is 1.82. The number of carbonyl (C=O) groups is 1. The van der Waals surface area contributed by atoms with Crippen LogP contribution in [0.15, 0.2) is 54.6 Å². The highest BCUT2D eigenvalue weighted by Gasteiger charge is 2.17. The SMILES string of the molecule is CN(Cc1ccccc1)C(=O)c1cc(-c2cc(F)ccc2O)n[nH]1. The number of aromatic amines is 1. The molecule has 0 saturated heterocycles. The van der Waals surface area contributed by atoms with E-state index in [-0.39, 0.29) is 22.9 Å². The van der Waals surface area contributed by atoms with Crippen LogP contribution in [0.3, 0.4) is 0 Å². The number of carbonyl (C=O) groups excluding carboxylic acids is 1. The van der Waals surface area contributed by atoms with Gasteiger partial charge in [-0.05, 0) is 29.8 Å². The van der Waals surface area contributed by atoms with Crippen LogP contribution in [-0.2, 0) is 6.54 Å². The summed E-state index contributed by atoms with van der Waals surface area (Å²) >= 11 is 0. The van der Waals surface area contributed by atoms with E-state index in [0.717, 1.165) is 11.6 Å². The van der Waals surface area contributed by atoms with E-state index >= 15 is 0 Å². The molecular weight excluding hydrogens is 309 g/mol. The first-order chi connectivity index (χ1) is 11.5. The summed E-state index contributed by atoms with van der Waals surface area (Å²) in [4.78, 5) is 14.0. The van der Waals surface area contributed by atoms with Crippen LogP contribution < -0.4 is 0 Å². The van der Waals surface area contributed by atoms with Gasteiger partial charge in [0, 0.05) is 19.2 Å². The molecule has 0 radical (unpaired) electrons. The van der Waals surface area contributed by atoms with Crippen molar-refractivity contribution in [1.82, 2.24) is 15.1 Å². The fourth-order valence-electron chi connectivity index (χ4n) is 2.42. The van der Waals surface area contributed by atoms with Crippen molar-refractivity contribution in [2.45, 2.75) is 6.54 Å². The average Bonchev–Trinajstić information content (AvgIpc) is 3.07. The number of hydrogen-bond acceptors (Lipinski definition) is 3. The van der Waals surface area contributed by atoms with Gasteiger partial charge in [0.2, 0.25) is 0 Å². The molecular formula is C18H16FN3O2. The first-order valence-corrected chi connectivity index (χ1v) is 7.38. The van der Waals surface area contributed by atoms with Gasteiger partial charge in [0.25, 0.3) is 5.91 Å². The topological polar surface area (TPSA) is 69.2 Å². The smallest absolute Gasteiger partial charge is 0.271 e. The first kappa shape index (κ1) is 15.7. The van der Waals surface area contributed by atoms with Crippen molar-refractivity contribution in [3.63, 3.8) is 0 Å². The summed E-state index contributed by atoms with van der Waals surface area (Å²) in [6.45, 7) is 0.458. The van der Waals surface area contributed by atoms with E-state index in [9.17, 15) is 14.3 Å². The minimum atomic E-state index is -0.486. The van der Waals surface area contributed by atoms with Gasteiger partial charge in [-0.15, -0.1) is 0 Å². The number of nitrogens with one attached hydrogen (secondary N) is 1. The number of phenols is 1. The van der Waals surface area contributed by atoms with E-state index in [1.54, 1.807) is 11.9 Å². The van der Waals surface area contributed by atoms with Crippen LogP contribution in [0.5, 0.6) is 5.75 Å². The molecule has 0 atom stereocenters. The Morgan fingerprint density at radius 3 is 2.71 bits per heavy atom. The maximum atomic E-state index is 13.3. The van der Waals surface area contributed by atoms with Gasteiger partial charge in [-0.2, -0.15) is 5.10 Å². The summed E-state index contributed by atoms with van der Waals surface area (Å²) in [7, 11) is 1.69. The summed E-state index contributed by atoms with van der Waals surface area (Å²) in [5, 5.41) is 16.5. The molecule has 0 bridgehead atoms. The minimum Gasteiger partial charge on any atom is -0.507 e. The molecule has 0 aliphatic rings. The third-order valence-corrected chi connectivity index (χ3v) is 3.65. The van der Waals surface area contributed by atoms with Gasteiger partial charge >= 0.3 is 0 Å². The lowest BCUT2D eigenvalue weighted by Gasteiger charge is -2.16. The van der Waals surface area contributed by atoms with Crippen LogP contribution in [0, 0.1) is 5.82 Å². The highest BCUT2D eigenvalue weighted by molar-refractivity contribution is 5.93. The second-order valence-electron chi connectivity index (χ2n) is 5.48. The van der Waals surface area contributed by atoms with Crippen molar-refractivity contribution >= 4 is 5.91 Å². The van der Waals surface area contributed by atoms with E-state index in [1.807, 2.05) is 30.3 Å². The summed E-state index contributed by atoms with van der Waals surface area (Å²) in [6.07, 6.45) is 0. The standard InChI is InChI=1S/C18H16FN3O2/c1-22(11-12-5-3-2-4-6-12)18(24)16-10-15(20-21-16)14-9-13(19)7-8-17(14)23/h2-10,23H,11H2,1H3,(H,20,21). The lowest BCUT2D eigenvalue weighted by atomic mass is 10.1. The molecule has 122 valence electrons. The van der Waals surface area contributed by atoms with Gasteiger partial charge in [-0.1, -0.05) is 30.3 Å². The zero-order chi connectivity index (χ0) is 17.1. The maximum absolute atomic E-state index is 13.3. The van der Waals surface area contributed by atoms with Crippen LogP contribution >= 0.6 is 0 Å². The van der Waals surface area contributed by atoms with Crippen LogP contribution in [0.1, 0.15) is 16.1 Å². The fraction of sp³-hybridized carbons (Fsp3) is 0.111. The molecule has 0 unspecified atom stereocenters. The number of rotatable bonds is 4. The Hall–Kier alpha value is -3.15. The Labute approximate surface area is 138 Å². The predicted molar refractivity (Wildman–Crippen MR) is 87.9 cm³/mol. The summed E-state index contributed by atoms with van der Waals surface area (Å²) in [5.74, 6) is -0.826. The summed E-state index contributed by atoms with van der Waals surface area (Å²) in [6, 6.07) is 14.7. The zero-order valence-corrected chi connectivity index (χ0v) is 13.0. The van der Waals surface area contributed by atoms with Crippen molar-refractivity contribution in [1.29, 1.82) is 0 Å². The van der Waals surface area contributed by atoms with Crippen LogP contribution in [0.2, 0.25) is 0 Å². The molecule has 6 heteroatoms. The molecule has 2 N–H and O–H groups in total. The number of aromatic hydroxyl groups is 1. The number of nitrogens with zero attached hydrogens (tertiary/aromatic N) is 2. The Morgan fingerprint density at radius 1 is 1.21 bits per heavy atom. The van der Waals surface area contributed by atoms with Crippen molar-refractivity contribution in [3.05, 3.63) is 71.7 Å². The zero-order valence-electron chi connectivity index (χ0n) is 13.0. The molecule has 5 nitrogen and oxygen atoms in total. The van der Waals surface area contributed by atoms with E-state index in [4.69, 9.17) is 0 Å². The molecule has 3 rings (SSSR count). The van der Waals surface area contributed by atoms with Crippen molar-refractivity contribution < 1.29 is 14.3 Å². The van der Waals surface area contributed by atoms with Crippen LogP contribution in [0.4, 0.5) is 4.39 Å². The van der Waals surface area contributed by atoms with E-state index < -0.39 is 5.82 Å². The van der Waals surface area contributed by atoms with Gasteiger partial charge in [-0.25, -0.2) is 4.39 Å². The first-order valence-electron chi connectivity index (χ1n) is 7.38. The lowest BCUT2D eigenvalue weighted by molar-refractivity contribution is 0.0779. The average molecular weight is 325 g/mol. The third-order valence-electron chi connectivity index (χ3n) is 3.65. The highest BCUT2D eigenvalue weighted by atomic mass is 19.1. The molecule has 0 spiro atoms. The second-order valence-corrected chi connectivity index (χ2v) is 5.48. The van der Waals surface area contributed by atoms with E-state index in [1.165, 1.54) is 18.2 Å². The highest BCUT2D eigenvalue weighted by Crippen LogP contribution is 2.28. The molecule has 1 heterocycles. The van der Waals surface area contributed by atoms with Crippen molar-refractivity contribution in [3.8, 4) is 17.0 Å². The maximum Gasteiger partial charge on any atom is 0.271 e. The Kier molecular flexibility index (Phi) is 4.29. The molecule has 2 aromatic carbocycles. The molecule has 0 aliphatic heterocycles. The van der Waals surface area contributed by atoms with Gasteiger partial charge < -0.3 is 10.0 Å². The Morgan fingerprint density at radius 2 is 1.96 bits per heavy atom. The Balaban J connectivity index is 1.79. The predicted octanol–water partition coefficient (Wildman–Crippen LogP) is 3.19. The summed E-state index contributed by atoms with van der Waals surface area (Å²) < 4.78 is 13.3. The largest absolute Gasteiger partial charge is 0.507 e. The minimum absolute atomic E-state index is 0.0976. The van der Waals surface area contributed by atoms with Gasteiger partial charge in [0.15, 0.2) is 0 Å². The normalized spacial score (nSPS) is 10.6. The van der Waals surface area contributed by atoms with E-state index in [2.05, 4.69) is 10.2 Å². The second kappa shape index (κ2) is 6.54. The molecule has 1 aromatic heterocycles. The fourth-order valence-corrected chi connectivity index (χ4v) is 2.42. The molecule has 24 heavy (non-hydrogen) atoms. The van der Waals surface area contributed by atoms with E-state index in [0.29, 0.717) is 12.2 Å². The number of phenolic OH excluding ortho intramolecular Hbond substituents is 1. The molecule has 0 fully saturated rings. The number of amides is 1. The van der Waals surface area contributed by atoms with Gasteiger partial charge in [0.05, 0.1) is 5.69 Å². The number of benzene rings is 2. The quantitative estimate of drug-likeness (QED) is 0.774. The monoisotopic (exact) mass is 325 g/mol. The number of H-pyrrole nitrogens is 1. The lowest BCUT2D eigenvalue weighted by Crippen LogP contribution is -2.26. The van der Waals surface area contributed by atoms with Crippen LogP contribution in [0.25, 0.3) is 11.3 Å². The molecule has 3 aromatic rings. The van der Waals surface area contributed by atoms with Gasteiger partial charge in [0.1, 0.15) is 17.3 Å². The van der Waals surface area contributed by atoms with Crippen LogP contribution in [-0.4, -0.2) is 33.2 Å². The molecule has 0 saturated carbocycles. The molecule has 1 amide bonds. The number of aromatic nitrogens is 2. The Bertz CT molecular complexity index is 862. The van der Waals surface area contributed by atoms with Crippen molar-refractivity contribution in [2.75, 3.05) is 7.05 Å². The van der Waals surface area contributed by atoms with Gasteiger partial charge in [-0.3, -0.25) is 9.89 Å². The number of hydrogen-bond donors (Lipinski definition) is 2. The number of halogens is 1.